The third-order valence-electron chi connectivity index (χ3n) is 5.68. The fourth-order valence-corrected chi connectivity index (χ4v) is 6.10. The molecule has 0 spiro atoms. The second-order valence-corrected chi connectivity index (χ2v) is 10.9. The zero-order chi connectivity index (χ0) is 22.2. The summed E-state index contributed by atoms with van der Waals surface area (Å²) < 4.78 is 28.2. The van der Waals surface area contributed by atoms with Crippen molar-refractivity contribution in [2.75, 3.05) is 18.1 Å². The summed E-state index contributed by atoms with van der Waals surface area (Å²) >= 11 is 11.9. The van der Waals surface area contributed by atoms with Crippen molar-refractivity contribution in [3.05, 3.63) is 63.9 Å². The smallest absolute Gasteiger partial charge is 0.204 e. The number of benzene rings is 2. The van der Waals surface area contributed by atoms with Crippen LogP contribution in [0.15, 0.2) is 48.5 Å². The van der Waals surface area contributed by atoms with Crippen molar-refractivity contribution in [2.45, 2.75) is 33.0 Å². The van der Waals surface area contributed by atoms with Gasteiger partial charge in [-0.25, -0.2) is 13.1 Å². The molecule has 3 aromatic rings. The van der Waals surface area contributed by atoms with Crippen LogP contribution < -0.4 is 0 Å². The van der Waals surface area contributed by atoms with Gasteiger partial charge < -0.3 is 0 Å². The van der Waals surface area contributed by atoms with Crippen molar-refractivity contribution in [3.8, 4) is 17.1 Å². The number of hydrogen-bond acceptors (Lipinski definition) is 5. The minimum Gasteiger partial charge on any atom is -0.281 e. The molecule has 0 aliphatic carbocycles. The van der Waals surface area contributed by atoms with E-state index in [0.717, 1.165) is 23.6 Å². The molecule has 31 heavy (non-hydrogen) atoms. The van der Waals surface area contributed by atoms with Gasteiger partial charge in [0, 0.05) is 16.6 Å². The first-order chi connectivity index (χ1) is 14.8. The van der Waals surface area contributed by atoms with Gasteiger partial charge in [-0.2, -0.15) is 0 Å². The Balaban J connectivity index is 1.76. The average molecular weight is 477 g/mol. The van der Waals surface area contributed by atoms with Gasteiger partial charge in [-0.3, -0.25) is 9.47 Å². The number of rotatable bonds is 6. The van der Waals surface area contributed by atoms with E-state index in [0.29, 0.717) is 22.9 Å². The summed E-state index contributed by atoms with van der Waals surface area (Å²) in [4.78, 5) is 2.14. The summed E-state index contributed by atoms with van der Waals surface area (Å²) in [5, 5.41) is 5.51. The van der Waals surface area contributed by atoms with Crippen molar-refractivity contribution < 1.29 is 8.42 Å². The molecule has 0 N–H and O–H groups in total. The van der Waals surface area contributed by atoms with Crippen molar-refractivity contribution in [2.24, 2.45) is 0 Å². The molecule has 1 fully saturated rings. The lowest BCUT2D eigenvalue weighted by Gasteiger charge is -2.26. The van der Waals surface area contributed by atoms with Crippen LogP contribution in [0.25, 0.3) is 17.1 Å². The molecule has 1 aliphatic heterocycles. The van der Waals surface area contributed by atoms with Crippen molar-refractivity contribution in [3.63, 3.8) is 0 Å². The fraction of sp³-hybridized carbons (Fsp3) is 0.364. The Morgan fingerprint density at radius 3 is 2.42 bits per heavy atom. The third kappa shape index (κ3) is 4.77. The van der Waals surface area contributed by atoms with Gasteiger partial charge in [-0.15, -0.1) is 5.10 Å². The van der Waals surface area contributed by atoms with Gasteiger partial charge in [0.1, 0.15) is 0 Å². The first kappa shape index (κ1) is 22.2. The van der Waals surface area contributed by atoms with E-state index in [4.69, 9.17) is 28.9 Å². The Hall–Kier alpha value is -2.00. The molecule has 9 heteroatoms. The highest BCUT2D eigenvalue weighted by atomic mass is 35.5. The summed E-state index contributed by atoms with van der Waals surface area (Å²) in [6.45, 7) is 5.24. The van der Waals surface area contributed by atoms with E-state index >= 15 is 0 Å². The van der Waals surface area contributed by atoms with Crippen LogP contribution in [0.2, 0.25) is 5.02 Å². The lowest BCUT2D eigenvalue weighted by molar-refractivity contribution is 0.164. The predicted molar refractivity (Wildman–Crippen MR) is 127 cm³/mol. The number of sulfone groups is 1. The van der Waals surface area contributed by atoms with Crippen molar-refractivity contribution in [1.82, 2.24) is 19.2 Å². The molecule has 0 amide bonds. The maximum atomic E-state index is 12.0. The van der Waals surface area contributed by atoms with E-state index in [1.807, 2.05) is 66.9 Å². The Morgan fingerprint density at radius 2 is 1.84 bits per heavy atom. The van der Waals surface area contributed by atoms with E-state index in [9.17, 15) is 8.42 Å². The average Bonchev–Trinajstić information content (AvgIpc) is 3.26. The number of aryl methyl sites for hydroxylation is 1. The largest absolute Gasteiger partial charge is 0.281 e. The molecule has 0 bridgehead atoms. The molecule has 1 aromatic heterocycles. The molecule has 0 radical (unpaired) electrons. The molecule has 2 heterocycles. The Morgan fingerprint density at radius 1 is 1.16 bits per heavy atom. The maximum absolute atomic E-state index is 12.0. The molecule has 164 valence electrons. The van der Waals surface area contributed by atoms with Gasteiger partial charge in [0.15, 0.2) is 15.7 Å². The van der Waals surface area contributed by atoms with Crippen LogP contribution in [-0.4, -0.2) is 51.8 Å². The van der Waals surface area contributed by atoms with E-state index < -0.39 is 9.84 Å². The summed E-state index contributed by atoms with van der Waals surface area (Å²) in [5.74, 6) is 1.17. The lowest BCUT2D eigenvalue weighted by Crippen LogP contribution is -2.37. The summed E-state index contributed by atoms with van der Waals surface area (Å²) in [7, 11) is -2.97. The van der Waals surface area contributed by atoms with Crippen LogP contribution in [0.1, 0.15) is 18.9 Å². The SMILES string of the molecule is CCN(Cn1nc(-c2ccc(C)cc2)n(-c2ccc(Cl)cc2)c1=S)C1CCS(=O)(=O)C1. The Bertz CT molecular complexity index is 1230. The van der Waals surface area contributed by atoms with Crippen molar-refractivity contribution >= 4 is 33.7 Å². The normalized spacial score (nSPS) is 18.0. The highest BCUT2D eigenvalue weighted by Gasteiger charge is 2.32. The summed E-state index contributed by atoms with van der Waals surface area (Å²) in [5.41, 5.74) is 3.00. The quantitative estimate of drug-likeness (QED) is 0.490. The standard InChI is InChI=1S/C22H25ClN4O2S2/c1-3-25(20-12-13-31(28,29)14-20)15-26-22(30)27(19-10-8-18(23)9-11-19)21(24-26)17-6-4-16(2)5-7-17/h4-11,20H,3,12-15H2,1-2H3. The Labute approximate surface area is 193 Å². The fourth-order valence-electron chi connectivity index (χ4n) is 3.92. The van der Waals surface area contributed by atoms with E-state index in [1.54, 1.807) is 4.68 Å². The van der Waals surface area contributed by atoms with Crippen molar-refractivity contribution in [1.29, 1.82) is 0 Å². The van der Waals surface area contributed by atoms with Crippen LogP contribution in [0.5, 0.6) is 0 Å². The molecule has 0 saturated carbocycles. The highest BCUT2D eigenvalue weighted by Crippen LogP contribution is 2.25. The zero-order valence-electron chi connectivity index (χ0n) is 17.5. The molecule has 1 saturated heterocycles. The number of halogens is 1. The molecule has 1 unspecified atom stereocenters. The van der Waals surface area contributed by atoms with Crippen LogP contribution in [0, 0.1) is 11.7 Å². The summed E-state index contributed by atoms with van der Waals surface area (Å²) in [6.07, 6.45) is 0.645. The molecular weight excluding hydrogens is 452 g/mol. The van der Waals surface area contributed by atoms with Crippen LogP contribution in [0.4, 0.5) is 0 Å². The maximum Gasteiger partial charge on any atom is 0.204 e. The molecule has 1 atom stereocenters. The predicted octanol–water partition coefficient (Wildman–Crippen LogP) is 4.50. The third-order valence-corrected chi connectivity index (χ3v) is 8.08. The first-order valence-corrected chi connectivity index (χ1v) is 12.9. The van der Waals surface area contributed by atoms with Gasteiger partial charge in [0.2, 0.25) is 4.77 Å². The topological polar surface area (TPSA) is 60.1 Å². The van der Waals surface area contributed by atoms with E-state index in [2.05, 4.69) is 4.90 Å². The highest BCUT2D eigenvalue weighted by molar-refractivity contribution is 7.91. The minimum atomic E-state index is -2.97. The molecule has 4 rings (SSSR count). The summed E-state index contributed by atoms with van der Waals surface area (Å²) in [6, 6.07) is 15.6. The van der Waals surface area contributed by atoms with Crippen LogP contribution in [-0.2, 0) is 16.5 Å². The number of nitrogens with zero attached hydrogens (tertiary/aromatic N) is 4. The van der Waals surface area contributed by atoms with E-state index in [1.165, 1.54) is 5.56 Å². The second-order valence-electron chi connectivity index (χ2n) is 7.89. The number of hydrogen-bond donors (Lipinski definition) is 0. The molecule has 6 nitrogen and oxygen atoms in total. The zero-order valence-corrected chi connectivity index (χ0v) is 19.9. The molecular formula is C22H25ClN4O2S2. The molecule has 2 aromatic carbocycles. The monoisotopic (exact) mass is 476 g/mol. The lowest BCUT2D eigenvalue weighted by atomic mass is 10.1. The van der Waals surface area contributed by atoms with Crippen LogP contribution >= 0.6 is 23.8 Å². The van der Waals surface area contributed by atoms with E-state index in [-0.39, 0.29) is 17.5 Å². The molecule has 1 aliphatic rings. The Kier molecular flexibility index (Phi) is 6.35. The minimum absolute atomic E-state index is 0.0135. The number of aromatic nitrogens is 3. The van der Waals surface area contributed by atoms with Gasteiger partial charge in [-0.1, -0.05) is 48.4 Å². The first-order valence-electron chi connectivity index (χ1n) is 10.2. The van der Waals surface area contributed by atoms with Gasteiger partial charge in [0.25, 0.3) is 0 Å². The second kappa shape index (κ2) is 8.86. The van der Waals surface area contributed by atoms with Crippen LogP contribution in [0.3, 0.4) is 0 Å². The van der Waals surface area contributed by atoms with Gasteiger partial charge in [0.05, 0.1) is 23.9 Å². The van der Waals surface area contributed by atoms with Gasteiger partial charge >= 0.3 is 0 Å². The van der Waals surface area contributed by atoms with Gasteiger partial charge in [-0.05, 0) is 56.4 Å².